The first kappa shape index (κ1) is 20.4. The van der Waals surface area contributed by atoms with Crippen molar-refractivity contribution < 1.29 is 15.1 Å². The Kier molecular flexibility index (Phi) is 9.81. The normalized spacial score (nSPS) is 11.0. The molecular weight excluding hydrogens is 322 g/mol. The first-order chi connectivity index (χ1) is 12.8. The van der Waals surface area contributed by atoms with Crippen molar-refractivity contribution >= 4 is 16.7 Å². The van der Waals surface area contributed by atoms with E-state index >= 15 is 0 Å². The number of hydrogen-bond acceptors (Lipinski definition) is 2. The Morgan fingerprint density at radius 1 is 0.846 bits per heavy atom. The molecule has 0 saturated heterocycles. The van der Waals surface area contributed by atoms with E-state index in [2.05, 4.69) is 37.3 Å². The zero-order chi connectivity index (χ0) is 18.5. The number of benzene rings is 2. The second kappa shape index (κ2) is 12.5. The highest BCUT2D eigenvalue weighted by molar-refractivity contribution is 5.85. The Hall–Kier alpha value is -1.87. The molecule has 3 nitrogen and oxygen atoms in total. The van der Waals surface area contributed by atoms with Crippen molar-refractivity contribution in [3.63, 3.8) is 0 Å². The van der Waals surface area contributed by atoms with Gasteiger partial charge in [0.15, 0.2) is 6.54 Å². The van der Waals surface area contributed by atoms with Crippen LogP contribution in [0.2, 0.25) is 0 Å². The van der Waals surface area contributed by atoms with Gasteiger partial charge in [-0.3, -0.25) is 0 Å². The first-order valence-corrected chi connectivity index (χ1v) is 10.3. The van der Waals surface area contributed by atoms with Gasteiger partial charge in [-0.25, -0.2) is 0 Å². The number of fused-ring (bicyclic) bond motifs is 1. The van der Waals surface area contributed by atoms with E-state index in [0.717, 1.165) is 12.8 Å². The van der Waals surface area contributed by atoms with Crippen LogP contribution >= 0.6 is 0 Å². The van der Waals surface area contributed by atoms with Crippen molar-refractivity contribution in [2.45, 2.75) is 77.7 Å². The first-order valence-electron chi connectivity index (χ1n) is 10.3. The molecule has 2 N–H and O–H groups in total. The lowest BCUT2D eigenvalue weighted by Gasteiger charge is -2.02. The molecule has 0 atom stereocenters. The van der Waals surface area contributed by atoms with Crippen molar-refractivity contribution in [3.8, 4) is 0 Å². The Balaban J connectivity index is 1.54. The Morgan fingerprint density at radius 3 is 2.27 bits per heavy atom. The third-order valence-corrected chi connectivity index (χ3v) is 4.88. The largest absolute Gasteiger partial charge is 0.638 e. The third kappa shape index (κ3) is 7.57. The van der Waals surface area contributed by atoms with Crippen LogP contribution in [-0.2, 0) is 16.2 Å². The lowest BCUT2D eigenvalue weighted by molar-refractivity contribution is -0.884. The highest BCUT2D eigenvalue weighted by Gasteiger charge is 2.20. The molecule has 0 aliphatic rings. The second-order valence-corrected chi connectivity index (χ2v) is 7.08. The van der Waals surface area contributed by atoms with Crippen molar-refractivity contribution in [3.05, 3.63) is 48.0 Å². The average Bonchev–Trinajstić information content (AvgIpc) is 2.67. The van der Waals surface area contributed by atoms with Crippen LogP contribution in [0.3, 0.4) is 0 Å². The molecule has 0 fully saturated rings. The van der Waals surface area contributed by atoms with Gasteiger partial charge in [0.05, 0.1) is 4.79 Å². The van der Waals surface area contributed by atoms with Crippen LogP contribution in [0, 0.1) is 0 Å². The zero-order valence-electron chi connectivity index (χ0n) is 16.2. The molecule has 0 bridgehead atoms. The highest BCUT2D eigenvalue weighted by atomic mass is 16.7. The quantitative estimate of drug-likeness (QED) is 0.301. The van der Waals surface area contributed by atoms with Gasteiger partial charge >= 0.3 is 5.97 Å². The summed E-state index contributed by atoms with van der Waals surface area (Å²) in [6.07, 6.45) is 11.9. The minimum Gasteiger partial charge on any atom is -0.0896 e. The predicted octanol–water partition coefficient (Wildman–Crippen LogP) is 5.28. The molecule has 2 rings (SSSR count). The number of rotatable bonds is 13. The van der Waals surface area contributed by atoms with Gasteiger partial charge in [0, 0.05) is 5.56 Å². The van der Waals surface area contributed by atoms with Crippen molar-refractivity contribution in [1.82, 2.24) is 0 Å². The molecule has 0 unspecified atom stereocenters. The summed E-state index contributed by atoms with van der Waals surface area (Å²) in [5.74, 6) is -0.104. The number of nitrogens with two attached hydrogens (primary N) is 1. The molecule has 0 saturated carbocycles. The maximum Gasteiger partial charge on any atom is 0.638 e. The molecule has 0 aliphatic heterocycles. The van der Waals surface area contributed by atoms with Crippen LogP contribution in [-0.4, -0.2) is 5.97 Å². The molecule has 26 heavy (non-hydrogen) atoms. The molecule has 2 aromatic carbocycles. The van der Waals surface area contributed by atoms with Gasteiger partial charge in [-0.1, -0.05) is 111 Å². The van der Waals surface area contributed by atoms with Crippen LogP contribution in [0.4, 0.5) is 0 Å². The molecular formula is C23H34NO2+2. The van der Waals surface area contributed by atoms with Gasteiger partial charge in [0.2, 0.25) is 0 Å². The fraction of sp³-hybridized carbons (Fsp3) is 0.522. The van der Waals surface area contributed by atoms with E-state index in [1.165, 1.54) is 61.3 Å². The van der Waals surface area contributed by atoms with E-state index in [1.807, 2.05) is 12.1 Å². The van der Waals surface area contributed by atoms with E-state index in [0.29, 0.717) is 13.0 Å². The number of quaternary nitrogens is 1. The minimum atomic E-state index is -0.104. The maximum absolute atomic E-state index is 11.9. The molecule has 0 aromatic heterocycles. The van der Waals surface area contributed by atoms with E-state index in [4.69, 9.17) is 4.84 Å². The summed E-state index contributed by atoms with van der Waals surface area (Å²) in [6.45, 7) is 2.91. The van der Waals surface area contributed by atoms with Crippen molar-refractivity contribution in [2.24, 2.45) is 0 Å². The summed E-state index contributed by atoms with van der Waals surface area (Å²) in [5, 5.41) is 2.45. The molecule has 0 heterocycles. The molecule has 0 aliphatic carbocycles. The Morgan fingerprint density at radius 2 is 1.50 bits per heavy atom. The second-order valence-electron chi connectivity index (χ2n) is 7.08. The van der Waals surface area contributed by atoms with Gasteiger partial charge in [-0.2, -0.15) is 0 Å². The molecule has 0 spiro atoms. The number of carbonyl (C=O) groups is 1. The maximum atomic E-state index is 11.9. The van der Waals surface area contributed by atoms with Gasteiger partial charge in [0.25, 0.3) is 0 Å². The van der Waals surface area contributed by atoms with Gasteiger partial charge < -0.3 is 0 Å². The third-order valence-electron chi connectivity index (χ3n) is 4.88. The molecule has 0 amide bonds. The number of carbonyl (C=O) groups excluding carboxylic acids is 1. The monoisotopic (exact) mass is 356 g/mol. The highest BCUT2D eigenvalue weighted by Crippen LogP contribution is 2.17. The van der Waals surface area contributed by atoms with Crippen LogP contribution in [0.5, 0.6) is 0 Å². The van der Waals surface area contributed by atoms with E-state index in [9.17, 15) is 4.79 Å². The molecule has 141 valence electrons. The SMILES string of the molecule is CCCCCCCCCCCC(=[O+])O[NH2+]Cc1cccc2ccccc12. The summed E-state index contributed by atoms with van der Waals surface area (Å²) in [6, 6.07) is 14.6. The lowest BCUT2D eigenvalue weighted by atomic mass is 10.1. The smallest absolute Gasteiger partial charge is 0.0896 e. The average molecular weight is 357 g/mol. The summed E-state index contributed by atoms with van der Waals surface area (Å²) < 4.78 is 0. The summed E-state index contributed by atoms with van der Waals surface area (Å²) >= 11 is 0. The van der Waals surface area contributed by atoms with E-state index < -0.39 is 0 Å². The standard InChI is InChI=1S/C23H33NO2/c1-2-3-4-5-6-7-8-9-10-18-23(25)26-24-19-21-16-13-15-20-14-11-12-17-22(20)21/h11-17,24H,2-10,18-19H2,1H3/q+1/p+1. The van der Waals surface area contributed by atoms with Crippen molar-refractivity contribution in [2.75, 3.05) is 0 Å². The van der Waals surface area contributed by atoms with Gasteiger partial charge in [0.1, 0.15) is 6.42 Å². The molecule has 3 heteroatoms. The zero-order valence-corrected chi connectivity index (χ0v) is 16.2. The number of unbranched alkanes of at least 4 members (excludes halogenated alkanes) is 8. The summed E-state index contributed by atoms with van der Waals surface area (Å²) in [5.41, 5.74) is 2.84. The van der Waals surface area contributed by atoms with Crippen LogP contribution in [0.1, 0.15) is 76.7 Å². The van der Waals surface area contributed by atoms with Crippen LogP contribution in [0.25, 0.3) is 10.8 Å². The summed E-state index contributed by atoms with van der Waals surface area (Å²) in [4.78, 5) is 17.2. The van der Waals surface area contributed by atoms with Gasteiger partial charge in [-0.15, -0.1) is 0 Å². The van der Waals surface area contributed by atoms with Gasteiger partial charge in [-0.05, 0) is 17.2 Å². The minimum absolute atomic E-state index is 0.104. The topological polar surface area (TPSA) is 45.7 Å². The molecule has 2 aromatic rings. The van der Waals surface area contributed by atoms with E-state index in [1.54, 1.807) is 5.48 Å². The summed E-state index contributed by atoms with van der Waals surface area (Å²) in [7, 11) is 0. The number of hydrogen-bond donors (Lipinski definition) is 1. The lowest BCUT2D eigenvalue weighted by Crippen LogP contribution is -2.82. The van der Waals surface area contributed by atoms with Crippen LogP contribution in [0.15, 0.2) is 42.5 Å². The van der Waals surface area contributed by atoms with Crippen molar-refractivity contribution in [1.29, 1.82) is 0 Å². The fourth-order valence-electron chi connectivity index (χ4n) is 3.33. The van der Waals surface area contributed by atoms with E-state index in [-0.39, 0.29) is 5.97 Å². The number of hydroxylamine groups is 1. The fourth-order valence-corrected chi connectivity index (χ4v) is 3.33. The Bertz CT molecular complexity index is 648. The van der Waals surface area contributed by atoms with Crippen LogP contribution < -0.4 is 5.48 Å². The molecule has 1 radical (unpaired) electrons. The predicted molar refractivity (Wildman–Crippen MR) is 108 cm³/mol. The Labute approximate surface area is 158 Å².